The molecule has 0 aliphatic carbocycles. The normalized spacial score (nSPS) is 12.6. The van der Waals surface area contributed by atoms with E-state index in [2.05, 4.69) is 41.6 Å². The molecule has 2 aromatic rings. The molecule has 0 radical (unpaired) electrons. The van der Waals surface area contributed by atoms with Crippen LogP contribution in [0.25, 0.3) is 0 Å². The number of primary sulfonamides is 1. The van der Waals surface area contributed by atoms with Crippen LogP contribution in [0.2, 0.25) is 0 Å². The number of nitrogens with zero attached hydrogens (tertiary/aromatic N) is 1. The number of benzene rings is 2. The van der Waals surface area contributed by atoms with Crippen molar-refractivity contribution in [3.05, 3.63) is 59.2 Å². The molecule has 0 heterocycles. The third-order valence-electron chi connectivity index (χ3n) is 4.51. The number of nitrogens with one attached hydrogen (secondary N) is 2. The number of hydrogen-bond donors (Lipinski definition) is 3. The van der Waals surface area contributed by atoms with Gasteiger partial charge < -0.3 is 15.4 Å². The summed E-state index contributed by atoms with van der Waals surface area (Å²) in [6, 6.07) is 12.6. The van der Waals surface area contributed by atoms with Gasteiger partial charge in [-0.05, 0) is 49.6 Å². The van der Waals surface area contributed by atoms with E-state index >= 15 is 0 Å². The molecule has 2 rings (SSSR count). The van der Waals surface area contributed by atoms with Gasteiger partial charge in [-0.25, -0.2) is 13.6 Å². The van der Waals surface area contributed by atoms with E-state index in [4.69, 9.17) is 9.88 Å². The predicted molar refractivity (Wildman–Crippen MR) is 132 cm³/mol. The molecule has 4 N–H and O–H groups in total. The quantitative estimate of drug-likeness (QED) is 0.268. The molecule has 0 bridgehead atoms. The summed E-state index contributed by atoms with van der Waals surface area (Å²) in [4.78, 5) is 4.33. The molecule has 1 unspecified atom stereocenters. The number of halogens is 1. The van der Waals surface area contributed by atoms with Crippen molar-refractivity contribution in [3.8, 4) is 5.75 Å². The molecule has 9 heteroatoms. The molecule has 2 aromatic carbocycles. The van der Waals surface area contributed by atoms with Crippen LogP contribution in [-0.4, -0.2) is 27.5 Å². The van der Waals surface area contributed by atoms with Gasteiger partial charge in [0.2, 0.25) is 10.0 Å². The second kappa shape index (κ2) is 12.1. The molecule has 0 saturated heterocycles. The first-order valence-corrected chi connectivity index (χ1v) is 11.1. The lowest BCUT2D eigenvalue weighted by Gasteiger charge is -2.18. The van der Waals surface area contributed by atoms with E-state index in [1.807, 2.05) is 13.0 Å². The van der Waals surface area contributed by atoms with E-state index in [-0.39, 0.29) is 35.0 Å². The van der Waals surface area contributed by atoms with Crippen molar-refractivity contribution in [1.29, 1.82) is 0 Å². The molecule has 0 amide bonds. The Balaban J connectivity index is 0.00000450. The molecule has 0 fully saturated rings. The average Bonchev–Trinajstić information content (AvgIpc) is 2.69. The van der Waals surface area contributed by atoms with Crippen molar-refractivity contribution in [3.63, 3.8) is 0 Å². The lowest BCUT2D eigenvalue weighted by molar-refractivity contribution is 0.215. The Morgan fingerprint density at radius 2 is 1.77 bits per heavy atom. The van der Waals surface area contributed by atoms with E-state index in [0.717, 1.165) is 28.9 Å². The highest BCUT2D eigenvalue weighted by Crippen LogP contribution is 2.22. The van der Waals surface area contributed by atoms with Gasteiger partial charge in [0, 0.05) is 25.7 Å². The van der Waals surface area contributed by atoms with Gasteiger partial charge >= 0.3 is 0 Å². The summed E-state index contributed by atoms with van der Waals surface area (Å²) in [6.07, 6.45) is 1.09. The molecule has 0 aromatic heterocycles. The van der Waals surface area contributed by atoms with Crippen LogP contribution in [0.3, 0.4) is 0 Å². The van der Waals surface area contributed by atoms with Crippen molar-refractivity contribution in [1.82, 2.24) is 10.6 Å². The minimum Gasteiger partial charge on any atom is -0.490 e. The smallest absolute Gasteiger partial charge is 0.238 e. The number of hydrogen-bond acceptors (Lipinski definition) is 4. The maximum absolute atomic E-state index is 11.3. The van der Waals surface area contributed by atoms with Crippen molar-refractivity contribution < 1.29 is 13.2 Å². The van der Waals surface area contributed by atoms with Crippen LogP contribution in [0.1, 0.15) is 37.0 Å². The van der Waals surface area contributed by atoms with Crippen LogP contribution in [0.4, 0.5) is 0 Å². The fourth-order valence-corrected chi connectivity index (χ4v) is 3.12. The molecule has 0 saturated carbocycles. The van der Waals surface area contributed by atoms with Gasteiger partial charge in [-0.15, -0.1) is 24.0 Å². The fourth-order valence-electron chi connectivity index (χ4n) is 2.60. The number of aliphatic imine (C=N–C) groups is 1. The van der Waals surface area contributed by atoms with Crippen LogP contribution >= 0.6 is 24.0 Å². The largest absolute Gasteiger partial charge is 0.490 e. The third-order valence-corrected chi connectivity index (χ3v) is 5.44. The summed E-state index contributed by atoms with van der Waals surface area (Å²) in [6.45, 7) is 7.26. The summed E-state index contributed by atoms with van der Waals surface area (Å²) in [5.74, 6) is 1.51. The molecule has 0 aliphatic heterocycles. The third kappa shape index (κ3) is 8.11. The Bertz CT molecular complexity index is 947. The second-order valence-electron chi connectivity index (χ2n) is 6.92. The zero-order valence-electron chi connectivity index (χ0n) is 17.8. The first-order chi connectivity index (χ1) is 13.7. The lowest BCUT2D eigenvalue weighted by atomic mass is 10.1. The van der Waals surface area contributed by atoms with Gasteiger partial charge in [-0.1, -0.05) is 31.2 Å². The predicted octanol–water partition coefficient (Wildman–Crippen LogP) is 3.30. The maximum Gasteiger partial charge on any atom is 0.238 e. The minimum absolute atomic E-state index is 0. The van der Waals surface area contributed by atoms with E-state index in [1.54, 1.807) is 19.2 Å². The van der Waals surface area contributed by atoms with Crippen LogP contribution in [0, 0.1) is 6.92 Å². The number of rotatable bonds is 8. The summed E-state index contributed by atoms with van der Waals surface area (Å²) in [5, 5.41) is 11.6. The molecule has 30 heavy (non-hydrogen) atoms. The first kappa shape index (κ1) is 26.2. The van der Waals surface area contributed by atoms with Gasteiger partial charge in [-0.2, -0.15) is 0 Å². The Hall–Kier alpha value is -1.85. The molecule has 166 valence electrons. The summed E-state index contributed by atoms with van der Waals surface area (Å²) in [7, 11) is -1.98. The standard InChI is InChI=1S/C21H30N4O3S.HI/c1-5-16(3)28-20-12-15(2)6-9-18(20)14-25-21(23-4)24-13-17-7-10-19(11-8-17)29(22,26)27;/h6-12,16H,5,13-14H2,1-4H3,(H2,22,26,27)(H2,23,24,25);1H. The van der Waals surface area contributed by atoms with Gasteiger partial charge in [0.25, 0.3) is 0 Å². The summed E-state index contributed by atoms with van der Waals surface area (Å²) < 4.78 is 28.7. The number of ether oxygens (including phenoxy) is 1. The van der Waals surface area contributed by atoms with E-state index in [1.165, 1.54) is 12.1 Å². The van der Waals surface area contributed by atoms with Gasteiger partial charge in [0.1, 0.15) is 5.75 Å². The Labute approximate surface area is 196 Å². The number of nitrogens with two attached hydrogens (primary N) is 1. The van der Waals surface area contributed by atoms with Crippen molar-refractivity contribution in [2.75, 3.05) is 7.05 Å². The Morgan fingerprint density at radius 1 is 1.13 bits per heavy atom. The molecule has 7 nitrogen and oxygen atoms in total. The molecular weight excluding hydrogens is 515 g/mol. The van der Waals surface area contributed by atoms with Crippen molar-refractivity contribution in [2.24, 2.45) is 10.1 Å². The number of aryl methyl sites for hydroxylation is 1. The highest BCUT2D eigenvalue weighted by molar-refractivity contribution is 14.0. The average molecular weight is 546 g/mol. The SMILES string of the molecule is CCC(C)Oc1cc(C)ccc1CNC(=NC)NCc1ccc(S(N)(=O)=O)cc1.I. The monoisotopic (exact) mass is 546 g/mol. The Morgan fingerprint density at radius 3 is 2.33 bits per heavy atom. The molecule has 0 aliphatic rings. The number of sulfonamides is 1. The van der Waals surface area contributed by atoms with Gasteiger partial charge in [0.15, 0.2) is 5.96 Å². The van der Waals surface area contributed by atoms with Gasteiger partial charge in [-0.3, -0.25) is 4.99 Å². The van der Waals surface area contributed by atoms with E-state index in [0.29, 0.717) is 19.0 Å². The van der Waals surface area contributed by atoms with E-state index in [9.17, 15) is 8.42 Å². The molecular formula is C21H31IN4O3S. The highest BCUT2D eigenvalue weighted by Gasteiger charge is 2.10. The van der Waals surface area contributed by atoms with Crippen LogP contribution in [0.5, 0.6) is 5.75 Å². The fraction of sp³-hybridized carbons (Fsp3) is 0.381. The van der Waals surface area contributed by atoms with Crippen molar-refractivity contribution >= 4 is 40.0 Å². The first-order valence-electron chi connectivity index (χ1n) is 9.55. The van der Waals surface area contributed by atoms with Crippen LogP contribution in [0.15, 0.2) is 52.4 Å². The minimum atomic E-state index is -3.68. The maximum atomic E-state index is 11.3. The number of guanidine groups is 1. The summed E-state index contributed by atoms with van der Waals surface area (Å²) in [5.41, 5.74) is 3.12. The molecule has 1 atom stereocenters. The zero-order chi connectivity index (χ0) is 21.4. The van der Waals surface area contributed by atoms with Crippen molar-refractivity contribution in [2.45, 2.75) is 51.3 Å². The zero-order valence-corrected chi connectivity index (χ0v) is 21.0. The van der Waals surface area contributed by atoms with Crippen LogP contribution in [-0.2, 0) is 23.1 Å². The highest BCUT2D eigenvalue weighted by atomic mass is 127. The topological polar surface area (TPSA) is 106 Å². The van der Waals surface area contributed by atoms with Gasteiger partial charge in [0.05, 0.1) is 11.0 Å². The lowest BCUT2D eigenvalue weighted by Crippen LogP contribution is -2.36. The van der Waals surface area contributed by atoms with E-state index < -0.39 is 10.0 Å². The van der Waals surface area contributed by atoms with Crippen LogP contribution < -0.4 is 20.5 Å². The molecule has 0 spiro atoms. The summed E-state index contributed by atoms with van der Waals surface area (Å²) >= 11 is 0. The Kier molecular flexibility index (Phi) is 10.6. The second-order valence-corrected chi connectivity index (χ2v) is 8.48.